The zero-order chi connectivity index (χ0) is 32.9. The van der Waals surface area contributed by atoms with Crippen molar-refractivity contribution in [1.82, 2.24) is 14.5 Å². The fourth-order valence-corrected chi connectivity index (χ4v) is 6.68. The van der Waals surface area contributed by atoms with Gasteiger partial charge in [0, 0.05) is 38.6 Å². The Balaban J connectivity index is 0.00000401. The Kier molecular flexibility index (Phi) is 8.98. The van der Waals surface area contributed by atoms with E-state index < -0.39 is 0 Å². The molecule has 0 aliphatic carbocycles. The molecule has 0 amide bonds. The first-order valence-corrected chi connectivity index (χ1v) is 16.1. The molecule has 5 heteroatoms. The largest absolute Gasteiger partial charge is 0.507 e. The average molecular weight is 808 g/mol. The van der Waals surface area contributed by atoms with Crippen molar-refractivity contribution in [2.24, 2.45) is 0 Å². The minimum atomic E-state index is -0.0163. The van der Waals surface area contributed by atoms with Crippen LogP contribution in [0.3, 0.4) is 0 Å². The third-order valence-corrected chi connectivity index (χ3v) is 8.87. The number of fused-ring (bicyclic) bond motifs is 1. The summed E-state index contributed by atoms with van der Waals surface area (Å²) in [5.74, 6) is 0.866. The van der Waals surface area contributed by atoms with Crippen LogP contribution in [0.4, 0.5) is 0 Å². The van der Waals surface area contributed by atoms with Crippen LogP contribution in [0.25, 0.3) is 61.6 Å². The summed E-state index contributed by atoms with van der Waals surface area (Å²) in [5, 5.41) is 11.0. The van der Waals surface area contributed by atoms with Crippen LogP contribution in [-0.2, 0) is 26.5 Å². The van der Waals surface area contributed by atoms with Crippen molar-refractivity contribution in [1.29, 1.82) is 0 Å². The minimum Gasteiger partial charge on any atom is -0.507 e. The van der Waals surface area contributed by atoms with E-state index in [1.807, 2.05) is 42.6 Å². The third-order valence-electron chi connectivity index (χ3n) is 8.87. The van der Waals surface area contributed by atoms with Gasteiger partial charge in [0.15, 0.2) is 0 Å². The molecule has 0 saturated carbocycles. The van der Waals surface area contributed by atoms with E-state index in [4.69, 9.17) is 9.97 Å². The van der Waals surface area contributed by atoms with Crippen LogP contribution in [0, 0.1) is 26.8 Å². The molecule has 0 aliphatic heterocycles. The van der Waals surface area contributed by atoms with Crippen molar-refractivity contribution in [2.45, 2.75) is 47.0 Å². The molecular weight excluding hydrogens is 770 g/mol. The second-order valence-electron chi connectivity index (χ2n) is 13.4. The van der Waals surface area contributed by atoms with Gasteiger partial charge in [-0.25, -0.2) is 4.98 Å². The van der Waals surface area contributed by atoms with Crippen LogP contribution in [0.15, 0.2) is 115 Å². The maximum atomic E-state index is 11.0. The van der Waals surface area contributed by atoms with Crippen LogP contribution in [0.1, 0.15) is 43.0 Å². The molecule has 2 aromatic heterocycles. The molecule has 0 fully saturated rings. The molecule has 0 aliphatic rings. The predicted molar refractivity (Wildman–Crippen MR) is 194 cm³/mol. The summed E-state index contributed by atoms with van der Waals surface area (Å²) < 4.78 is 2.13. The van der Waals surface area contributed by atoms with Gasteiger partial charge < -0.3 is 5.11 Å². The average Bonchev–Trinajstić information content (AvgIpc) is 3.44. The van der Waals surface area contributed by atoms with Crippen LogP contribution >= 0.6 is 0 Å². The van der Waals surface area contributed by atoms with Gasteiger partial charge in [-0.2, -0.15) is 0 Å². The summed E-state index contributed by atoms with van der Waals surface area (Å²) in [7, 11) is 0. The van der Waals surface area contributed by atoms with Crippen LogP contribution in [-0.4, -0.2) is 19.6 Å². The number of hydrogen-bond donors (Lipinski definition) is 1. The number of hydrogen-bond acceptors (Lipinski definition) is 3. The first kappa shape index (κ1) is 33.1. The van der Waals surface area contributed by atoms with Gasteiger partial charge in [-0.3, -0.25) is 9.55 Å². The molecule has 0 saturated heterocycles. The molecule has 242 valence electrons. The van der Waals surface area contributed by atoms with E-state index in [2.05, 4.69) is 119 Å². The van der Waals surface area contributed by atoms with Gasteiger partial charge in [0.1, 0.15) is 11.6 Å². The van der Waals surface area contributed by atoms with Gasteiger partial charge in [-0.15, -0.1) is 23.8 Å². The third kappa shape index (κ3) is 6.13. The van der Waals surface area contributed by atoms with E-state index in [0.29, 0.717) is 11.4 Å². The molecule has 7 aromatic rings. The summed E-state index contributed by atoms with van der Waals surface area (Å²) in [6, 6.07) is 40.9. The number of aryl methyl sites for hydroxylation is 3. The standard InChI is InChI=1S/C43H38N3O.Pt/c1-27-21-28(2)40(29(3)22-27)32-24-30(23-31(25-32)37-26-33(19-20-44-37)43(4,5)6)35-16-12-17-38-41(35)45-42(36-15-10-11-18-39(36)47)46(38)34-13-8-7-9-14-34;/h7-22,24-26,47H,1-6H3;/q-1;. The number of pyridine rings is 1. The number of imidazole rings is 1. The molecule has 1 N–H and O–H groups in total. The fourth-order valence-electron chi connectivity index (χ4n) is 6.68. The van der Waals surface area contributed by atoms with Gasteiger partial charge >= 0.3 is 0 Å². The molecule has 0 atom stereocenters. The van der Waals surface area contributed by atoms with Crippen molar-refractivity contribution >= 4 is 11.0 Å². The fraction of sp³-hybridized carbons (Fsp3) is 0.163. The van der Waals surface area contributed by atoms with Crippen molar-refractivity contribution in [2.75, 3.05) is 0 Å². The first-order valence-electron chi connectivity index (χ1n) is 16.1. The van der Waals surface area contributed by atoms with Crippen molar-refractivity contribution < 1.29 is 26.2 Å². The normalized spacial score (nSPS) is 11.5. The number of aromatic hydroxyl groups is 1. The molecule has 48 heavy (non-hydrogen) atoms. The van der Waals surface area contributed by atoms with Crippen molar-refractivity contribution in [3.63, 3.8) is 0 Å². The Morgan fingerprint density at radius 3 is 2.08 bits per heavy atom. The number of rotatable bonds is 5. The van der Waals surface area contributed by atoms with Crippen molar-refractivity contribution in [3.05, 3.63) is 144 Å². The Morgan fingerprint density at radius 2 is 1.38 bits per heavy atom. The zero-order valence-electron chi connectivity index (χ0n) is 28.1. The van der Waals surface area contributed by atoms with Crippen molar-refractivity contribution in [3.8, 4) is 56.3 Å². The predicted octanol–water partition coefficient (Wildman–Crippen LogP) is 10.8. The quantitative estimate of drug-likeness (QED) is 0.176. The minimum absolute atomic E-state index is 0. The van der Waals surface area contributed by atoms with Gasteiger partial charge in [-0.1, -0.05) is 104 Å². The number of nitrogens with zero attached hydrogens (tertiary/aromatic N) is 3. The number of phenolic OH excluding ortho intramolecular Hbond substituents is 1. The SMILES string of the molecule is Cc1cc(C)c(-c2cc(-c3cc(C(C)(C)C)ccn3)[c-]c(-c3cccc4c3nc(-c3ccccc3O)n4-c3ccccc3)c2)c(C)c1.[Pt]. The Labute approximate surface area is 297 Å². The monoisotopic (exact) mass is 807 g/mol. The molecule has 0 bridgehead atoms. The van der Waals surface area contributed by atoms with E-state index in [9.17, 15) is 5.11 Å². The maximum absolute atomic E-state index is 11.0. The number of phenols is 1. The molecule has 0 unspecified atom stereocenters. The Bertz CT molecular complexity index is 2260. The molecule has 0 spiro atoms. The van der Waals surface area contributed by atoms with Crippen LogP contribution in [0.2, 0.25) is 0 Å². The van der Waals surface area contributed by atoms with Gasteiger partial charge in [0.2, 0.25) is 0 Å². The summed E-state index contributed by atoms with van der Waals surface area (Å²) in [4.78, 5) is 10.1. The van der Waals surface area contributed by atoms with E-state index in [0.717, 1.165) is 44.7 Å². The van der Waals surface area contributed by atoms with Crippen LogP contribution in [0.5, 0.6) is 5.75 Å². The summed E-state index contributed by atoms with van der Waals surface area (Å²) in [6.07, 6.45) is 1.90. The van der Waals surface area contributed by atoms with Gasteiger partial charge in [0.25, 0.3) is 0 Å². The van der Waals surface area contributed by atoms with E-state index in [-0.39, 0.29) is 32.2 Å². The zero-order valence-corrected chi connectivity index (χ0v) is 30.3. The molecule has 0 radical (unpaired) electrons. The van der Waals surface area contributed by atoms with E-state index in [1.165, 1.54) is 27.8 Å². The van der Waals surface area contributed by atoms with E-state index >= 15 is 0 Å². The van der Waals surface area contributed by atoms with Gasteiger partial charge in [-0.05, 0) is 84.8 Å². The molecule has 2 heterocycles. The Morgan fingerprint density at radius 1 is 0.708 bits per heavy atom. The topological polar surface area (TPSA) is 50.9 Å². The maximum Gasteiger partial charge on any atom is 0.148 e. The molecule has 7 rings (SSSR count). The van der Waals surface area contributed by atoms with E-state index in [1.54, 1.807) is 6.07 Å². The first-order chi connectivity index (χ1) is 22.6. The van der Waals surface area contributed by atoms with Crippen LogP contribution < -0.4 is 0 Å². The summed E-state index contributed by atoms with van der Waals surface area (Å²) in [5.41, 5.74) is 14.4. The smallest absolute Gasteiger partial charge is 0.148 e. The second kappa shape index (κ2) is 13.0. The number of para-hydroxylation sites is 3. The second-order valence-corrected chi connectivity index (χ2v) is 13.4. The molecular formula is C43H38N3OPt-. The number of aromatic nitrogens is 3. The Hall–Kier alpha value is -4.79. The molecule has 5 aromatic carbocycles. The molecule has 4 nitrogen and oxygen atoms in total. The van der Waals surface area contributed by atoms with Gasteiger partial charge in [0.05, 0.1) is 16.6 Å². The number of benzene rings is 5. The summed E-state index contributed by atoms with van der Waals surface area (Å²) in [6.45, 7) is 13.2. The summed E-state index contributed by atoms with van der Waals surface area (Å²) >= 11 is 0.